The van der Waals surface area contributed by atoms with Crippen LogP contribution in [0.3, 0.4) is 0 Å². The summed E-state index contributed by atoms with van der Waals surface area (Å²) < 4.78 is 1.40. The lowest BCUT2D eigenvalue weighted by Crippen LogP contribution is -2.21. The van der Waals surface area contributed by atoms with Crippen molar-refractivity contribution in [3.8, 4) is 11.1 Å². The molecule has 0 aliphatic carbocycles. The van der Waals surface area contributed by atoms with E-state index in [-0.39, 0.29) is 0 Å². The summed E-state index contributed by atoms with van der Waals surface area (Å²) in [5.41, 5.74) is 1.72. The maximum Gasteiger partial charge on any atom is 0.327 e. The Balaban J connectivity index is 2.29. The lowest BCUT2D eigenvalue weighted by atomic mass is 10.1. The van der Waals surface area contributed by atoms with Gasteiger partial charge in [-0.05, 0) is 29.3 Å². The van der Waals surface area contributed by atoms with Gasteiger partial charge in [-0.3, -0.25) is 9.78 Å². The molecule has 0 bridgehead atoms. The third-order valence-corrected chi connectivity index (χ3v) is 2.74. The third kappa shape index (κ3) is 2.98. The Labute approximate surface area is 108 Å². The first-order valence-corrected chi connectivity index (χ1v) is 5.60. The van der Waals surface area contributed by atoms with Crippen molar-refractivity contribution >= 4 is 11.9 Å². The Kier molecular flexibility index (Phi) is 3.61. The molecule has 6 heteroatoms. The maximum absolute atomic E-state index is 11.1. The van der Waals surface area contributed by atoms with Crippen LogP contribution in [-0.4, -0.2) is 31.7 Å². The molecule has 1 atom stereocenters. The first-order chi connectivity index (χ1) is 9.08. The van der Waals surface area contributed by atoms with Crippen LogP contribution in [0.4, 0.5) is 0 Å². The number of aliphatic carboxylic acids is 2. The van der Waals surface area contributed by atoms with Gasteiger partial charge < -0.3 is 14.8 Å². The predicted molar refractivity (Wildman–Crippen MR) is 66.6 cm³/mol. The molecular weight excluding hydrogens is 248 g/mol. The van der Waals surface area contributed by atoms with Crippen LogP contribution >= 0.6 is 0 Å². The summed E-state index contributed by atoms with van der Waals surface area (Å²) in [7, 11) is 0. The third-order valence-electron chi connectivity index (χ3n) is 2.74. The topological polar surface area (TPSA) is 92.4 Å². The Morgan fingerprint density at radius 3 is 2.42 bits per heavy atom. The molecule has 19 heavy (non-hydrogen) atoms. The molecule has 0 saturated carbocycles. The van der Waals surface area contributed by atoms with E-state index < -0.39 is 24.4 Å². The summed E-state index contributed by atoms with van der Waals surface area (Å²) >= 11 is 0. The van der Waals surface area contributed by atoms with E-state index in [9.17, 15) is 9.59 Å². The molecule has 2 aromatic heterocycles. The van der Waals surface area contributed by atoms with Gasteiger partial charge in [-0.15, -0.1) is 0 Å². The van der Waals surface area contributed by atoms with Gasteiger partial charge in [-0.2, -0.15) is 0 Å². The molecule has 0 unspecified atom stereocenters. The van der Waals surface area contributed by atoms with Crippen LogP contribution in [0, 0.1) is 0 Å². The van der Waals surface area contributed by atoms with Crippen molar-refractivity contribution in [2.75, 3.05) is 0 Å². The minimum atomic E-state index is -1.17. The smallest absolute Gasteiger partial charge is 0.327 e. The number of hydrogen-bond donors (Lipinski definition) is 2. The monoisotopic (exact) mass is 260 g/mol. The van der Waals surface area contributed by atoms with Crippen LogP contribution in [0.1, 0.15) is 12.5 Å². The van der Waals surface area contributed by atoms with Crippen molar-refractivity contribution < 1.29 is 19.8 Å². The second-order valence-corrected chi connectivity index (χ2v) is 4.04. The summed E-state index contributed by atoms with van der Waals surface area (Å²) in [5, 5.41) is 17.8. The summed E-state index contributed by atoms with van der Waals surface area (Å²) in [4.78, 5) is 25.7. The number of carboxylic acid groups (broad SMARTS) is 2. The lowest BCUT2D eigenvalue weighted by Gasteiger charge is -2.11. The van der Waals surface area contributed by atoms with Crippen LogP contribution in [0.2, 0.25) is 0 Å². The predicted octanol–water partition coefficient (Wildman–Crippen LogP) is 1.65. The molecule has 0 spiro atoms. The van der Waals surface area contributed by atoms with Gasteiger partial charge in [0.05, 0.1) is 6.42 Å². The lowest BCUT2D eigenvalue weighted by molar-refractivity contribution is -0.147. The van der Waals surface area contributed by atoms with Gasteiger partial charge in [0.15, 0.2) is 0 Å². The highest BCUT2D eigenvalue weighted by Gasteiger charge is 2.22. The van der Waals surface area contributed by atoms with Crippen molar-refractivity contribution in [2.24, 2.45) is 0 Å². The zero-order valence-electron chi connectivity index (χ0n) is 9.93. The van der Waals surface area contributed by atoms with E-state index in [1.807, 2.05) is 0 Å². The Morgan fingerprint density at radius 1 is 1.16 bits per heavy atom. The van der Waals surface area contributed by atoms with Gasteiger partial charge in [0.2, 0.25) is 0 Å². The zero-order chi connectivity index (χ0) is 13.8. The van der Waals surface area contributed by atoms with Gasteiger partial charge in [0.1, 0.15) is 6.04 Å². The number of carbonyl (C=O) groups is 2. The molecule has 0 fully saturated rings. The van der Waals surface area contributed by atoms with Gasteiger partial charge in [0.25, 0.3) is 0 Å². The van der Waals surface area contributed by atoms with E-state index in [1.54, 1.807) is 43.0 Å². The van der Waals surface area contributed by atoms with E-state index in [0.717, 1.165) is 11.1 Å². The SMILES string of the molecule is O=C(O)C[C@H](C(=O)O)n1ccc(-c2ccncc2)c1. The molecule has 2 aromatic rings. The number of nitrogens with zero attached hydrogens (tertiary/aromatic N) is 2. The first-order valence-electron chi connectivity index (χ1n) is 5.60. The van der Waals surface area contributed by atoms with Crippen molar-refractivity contribution in [3.63, 3.8) is 0 Å². The fourth-order valence-electron chi connectivity index (χ4n) is 1.81. The highest BCUT2D eigenvalue weighted by Crippen LogP contribution is 2.22. The Hall–Kier alpha value is -2.63. The van der Waals surface area contributed by atoms with Crippen LogP contribution < -0.4 is 0 Å². The summed E-state index contributed by atoms with van der Waals surface area (Å²) in [6.45, 7) is 0. The molecule has 0 aliphatic rings. The van der Waals surface area contributed by atoms with E-state index >= 15 is 0 Å². The molecule has 2 rings (SSSR count). The van der Waals surface area contributed by atoms with Crippen molar-refractivity contribution in [1.82, 2.24) is 9.55 Å². The van der Waals surface area contributed by atoms with Crippen LogP contribution in [0.5, 0.6) is 0 Å². The fourth-order valence-corrected chi connectivity index (χ4v) is 1.81. The highest BCUT2D eigenvalue weighted by molar-refractivity contribution is 5.79. The number of hydrogen-bond acceptors (Lipinski definition) is 3. The average molecular weight is 260 g/mol. The van der Waals surface area contributed by atoms with E-state index in [1.165, 1.54) is 4.57 Å². The number of carboxylic acids is 2. The van der Waals surface area contributed by atoms with Crippen LogP contribution in [-0.2, 0) is 9.59 Å². The summed E-state index contributed by atoms with van der Waals surface area (Å²) in [6, 6.07) is 4.24. The number of rotatable bonds is 5. The Morgan fingerprint density at radius 2 is 1.84 bits per heavy atom. The maximum atomic E-state index is 11.1. The average Bonchev–Trinajstić information content (AvgIpc) is 2.86. The van der Waals surface area contributed by atoms with Crippen LogP contribution in [0.25, 0.3) is 11.1 Å². The van der Waals surface area contributed by atoms with E-state index in [2.05, 4.69) is 4.98 Å². The van der Waals surface area contributed by atoms with Gasteiger partial charge in [0, 0.05) is 24.8 Å². The molecule has 0 amide bonds. The Bertz CT molecular complexity index is 592. The van der Waals surface area contributed by atoms with Crippen molar-refractivity contribution in [3.05, 3.63) is 43.0 Å². The van der Waals surface area contributed by atoms with Crippen LogP contribution in [0.15, 0.2) is 43.0 Å². The highest BCUT2D eigenvalue weighted by atomic mass is 16.4. The standard InChI is InChI=1S/C13H12N2O4/c16-12(17)7-11(13(18)19)15-6-3-10(8-15)9-1-4-14-5-2-9/h1-6,8,11H,7H2,(H,16,17)(H,18,19)/t11-/m1/s1. The quantitative estimate of drug-likeness (QED) is 0.852. The number of aromatic nitrogens is 2. The van der Waals surface area contributed by atoms with Gasteiger partial charge >= 0.3 is 11.9 Å². The van der Waals surface area contributed by atoms with E-state index in [0.29, 0.717) is 0 Å². The molecule has 0 aromatic carbocycles. The minimum Gasteiger partial charge on any atom is -0.481 e. The summed E-state index contributed by atoms with van der Waals surface area (Å²) in [5.74, 6) is -2.31. The molecule has 2 heterocycles. The molecule has 6 nitrogen and oxygen atoms in total. The molecule has 98 valence electrons. The van der Waals surface area contributed by atoms with E-state index in [4.69, 9.17) is 10.2 Å². The zero-order valence-corrected chi connectivity index (χ0v) is 9.93. The van der Waals surface area contributed by atoms with Gasteiger partial charge in [-0.1, -0.05) is 0 Å². The summed E-state index contributed by atoms with van der Waals surface area (Å²) in [6.07, 6.45) is 6.01. The molecule has 0 aliphatic heterocycles. The second-order valence-electron chi connectivity index (χ2n) is 4.04. The molecule has 0 saturated heterocycles. The van der Waals surface area contributed by atoms with Crippen molar-refractivity contribution in [1.29, 1.82) is 0 Å². The minimum absolute atomic E-state index is 0.459. The number of pyridine rings is 1. The second kappa shape index (κ2) is 5.34. The molecule has 2 N–H and O–H groups in total. The first kappa shape index (κ1) is 12.8. The molecular formula is C13H12N2O4. The fraction of sp³-hybridized carbons (Fsp3) is 0.154. The molecule has 0 radical (unpaired) electrons. The van der Waals surface area contributed by atoms with Crippen molar-refractivity contribution in [2.45, 2.75) is 12.5 Å². The largest absolute Gasteiger partial charge is 0.481 e. The van der Waals surface area contributed by atoms with Gasteiger partial charge in [-0.25, -0.2) is 4.79 Å². The normalized spacial score (nSPS) is 12.0.